The SMILES string of the molecule is CCN(Cc1ccc(-c2ccc(C(F)(F)F)cc2)cc1N(CC)CC)C(=O)Cn1c(SCc2ccc(F)cc2)nc(=O)c2c1CCC2. The van der Waals surface area contributed by atoms with Crippen molar-refractivity contribution in [3.63, 3.8) is 0 Å². The molecule has 47 heavy (non-hydrogen) atoms. The Balaban J connectivity index is 1.41. The first-order valence-corrected chi connectivity index (χ1v) is 16.8. The molecule has 1 heterocycles. The van der Waals surface area contributed by atoms with E-state index in [1.807, 2.05) is 43.5 Å². The molecule has 6 nitrogen and oxygen atoms in total. The predicted octanol–water partition coefficient (Wildman–Crippen LogP) is 7.74. The number of carbonyl (C=O) groups is 1. The van der Waals surface area contributed by atoms with Crippen LogP contribution in [-0.4, -0.2) is 40.0 Å². The van der Waals surface area contributed by atoms with Gasteiger partial charge in [-0.05, 0) is 92.6 Å². The number of carbonyl (C=O) groups excluding carboxylic acids is 1. The van der Waals surface area contributed by atoms with Gasteiger partial charge in [0.05, 0.1) is 5.56 Å². The van der Waals surface area contributed by atoms with E-state index in [0.29, 0.717) is 61.1 Å². The first kappa shape index (κ1) is 34.2. The molecule has 0 N–H and O–H groups in total. The Morgan fingerprint density at radius 2 is 1.60 bits per heavy atom. The van der Waals surface area contributed by atoms with Crippen LogP contribution in [0.1, 0.15) is 55.1 Å². The Kier molecular flexibility index (Phi) is 10.7. The van der Waals surface area contributed by atoms with Gasteiger partial charge in [0.2, 0.25) is 5.91 Å². The molecule has 0 bridgehead atoms. The minimum atomic E-state index is -4.40. The Morgan fingerprint density at radius 3 is 2.23 bits per heavy atom. The Hall–Kier alpha value is -4.12. The first-order valence-electron chi connectivity index (χ1n) is 15.8. The average molecular weight is 667 g/mol. The zero-order chi connectivity index (χ0) is 33.7. The van der Waals surface area contributed by atoms with Crippen LogP contribution < -0.4 is 10.5 Å². The summed E-state index contributed by atoms with van der Waals surface area (Å²) in [6.07, 6.45) is -2.26. The number of rotatable bonds is 12. The van der Waals surface area contributed by atoms with E-state index >= 15 is 0 Å². The van der Waals surface area contributed by atoms with Crippen molar-refractivity contribution in [2.75, 3.05) is 24.5 Å². The molecule has 0 atom stereocenters. The molecule has 11 heteroatoms. The van der Waals surface area contributed by atoms with Crippen molar-refractivity contribution in [3.8, 4) is 11.1 Å². The molecule has 1 aromatic heterocycles. The summed E-state index contributed by atoms with van der Waals surface area (Å²) in [5, 5.41) is 0.467. The number of alkyl halides is 3. The summed E-state index contributed by atoms with van der Waals surface area (Å²) in [6, 6.07) is 17.1. The second kappa shape index (κ2) is 14.8. The zero-order valence-electron chi connectivity index (χ0n) is 26.7. The first-order chi connectivity index (χ1) is 22.5. The molecule has 248 valence electrons. The highest BCUT2D eigenvalue weighted by molar-refractivity contribution is 7.98. The van der Waals surface area contributed by atoms with Gasteiger partial charge in [0.1, 0.15) is 12.4 Å². The monoisotopic (exact) mass is 666 g/mol. The van der Waals surface area contributed by atoms with Crippen molar-refractivity contribution in [1.82, 2.24) is 14.5 Å². The van der Waals surface area contributed by atoms with Crippen molar-refractivity contribution in [3.05, 3.63) is 111 Å². The minimum Gasteiger partial charge on any atom is -0.372 e. The van der Waals surface area contributed by atoms with Gasteiger partial charge in [0.15, 0.2) is 5.16 Å². The van der Waals surface area contributed by atoms with Crippen LogP contribution in [0.5, 0.6) is 0 Å². The van der Waals surface area contributed by atoms with Gasteiger partial charge in [0.25, 0.3) is 5.56 Å². The van der Waals surface area contributed by atoms with Gasteiger partial charge in [-0.15, -0.1) is 0 Å². The van der Waals surface area contributed by atoms with E-state index in [9.17, 15) is 27.2 Å². The van der Waals surface area contributed by atoms with Crippen molar-refractivity contribution in [2.24, 2.45) is 0 Å². The van der Waals surface area contributed by atoms with Crippen molar-refractivity contribution < 1.29 is 22.4 Å². The Labute approximate surface area is 276 Å². The zero-order valence-corrected chi connectivity index (χ0v) is 27.6. The molecule has 5 rings (SSSR count). The molecule has 1 aliphatic rings. The summed E-state index contributed by atoms with van der Waals surface area (Å²) in [5.74, 6) is 0.0262. The maximum Gasteiger partial charge on any atom is 0.416 e. The standard InChI is InChI=1S/C36H38F4N4O2S/c1-4-42(5-2)32-20-26(25-14-16-28(17-15-25)36(38,39)40)12-13-27(32)21-43(6-3)33(45)22-44-31-9-7-8-30(31)34(46)41-35(44)47-23-24-10-18-29(37)19-11-24/h10-20H,4-9,21-23H2,1-3H3. The summed E-state index contributed by atoms with van der Waals surface area (Å²) in [7, 11) is 0. The molecule has 3 aromatic carbocycles. The van der Waals surface area contributed by atoms with Crippen molar-refractivity contribution in [2.45, 2.75) is 70.2 Å². The van der Waals surface area contributed by atoms with Crippen LogP contribution in [0.15, 0.2) is 76.7 Å². The highest BCUT2D eigenvalue weighted by Crippen LogP contribution is 2.34. The van der Waals surface area contributed by atoms with Crippen LogP contribution in [0, 0.1) is 5.82 Å². The van der Waals surface area contributed by atoms with Gasteiger partial charge in [-0.2, -0.15) is 18.2 Å². The number of thioether (sulfide) groups is 1. The third kappa shape index (κ3) is 7.89. The molecule has 0 aliphatic heterocycles. The molecule has 0 unspecified atom stereocenters. The largest absolute Gasteiger partial charge is 0.416 e. The number of benzene rings is 3. The fraction of sp³-hybridized carbons (Fsp3) is 0.361. The number of aromatic nitrogens is 2. The van der Waals surface area contributed by atoms with Gasteiger partial charge in [-0.3, -0.25) is 9.59 Å². The van der Waals surface area contributed by atoms with Crippen LogP contribution in [0.3, 0.4) is 0 Å². The molecular formula is C36H38F4N4O2S. The van der Waals surface area contributed by atoms with Gasteiger partial charge in [-0.1, -0.05) is 48.2 Å². The van der Waals surface area contributed by atoms with E-state index in [4.69, 9.17) is 0 Å². The molecule has 0 radical (unpaired) electrons. The van der Waals surface area contributed by atoms with E-state index in [2.05, 4.69) is 9.88 Å². The Bertz CT molecular complexity index is 1770. The van der Waals surface area contributed by atoms with Crippen LogP contribution in [-0.2, 0) is 42.7 Å². The summed E-state index contributed by atoms with van der Waals surface area (Å²) < 4.78 is 54.8. The number of hydrogen-bond donors (Lipinski definition) is 0. The topological polar surface area (TPSA) is 58.4 Å². The molecule has 0 saturated heterocycles. The summed E-state index contributed by atoms with van der Waals surface area (Å²) in [5.41, 5.74) is 4.74. The lowest BCUT2D eigenvalue weighted by molar-refractivity contribution is -0.137. The fourth-order valence-electron chi connectivity index (χ4n) is 5.99. The average Bonchev–Trinajstić information content (AvgIpc) is 3.56. The second-order valence-electron chi connectivity index (χ2n) is 11.5. The molecule has 1 amide bonds. The summed E-state index contributed by atoms with van der Waals surface area (Å²) in [6.45, 7) is 8.23. The molecule has 4 aromatic rings. The lowest BCUT2D eigenvalue weighted by Crippen LogP contribution is -2.36. The lowest BCUT2D eigenvalue weighted by atomic mass is 10.00. The lowest BCUT2D eigenvalue weighted by Gasteiger charge is -2.29. The molecule has 1 aliphatic carbocycles. The summed E-state index contributed by atoms with van der Waals surface area (Å²) >= 11 is 1.36. The number of amides is 1. The third-order valence-electron chi connectivity index (χ3n) is 8.61. The number of anilines is 1. The number of fused-ring (bicyclic) bond motifs is 1. The van der Waals surface area contributed by atoms with Crippen molar-refractivity contribution >= 4 is 23.4 Å². The van der Waals surface area contributed by atoms with Crippen LogP contribution in [0.2, 0.25) is 0 Å². The van der Waals surface area contributed by atoms with Gasteiger partial charge in [0, 0.05) is 48.9 Å². The molecule has 0 fully saturated rings. The Morgan fingerprint density at radius 1 is 0.915 bits per heavy atom. The quantitative estimate of drug-likeness (QED) is 0.0880. The van der Waals surface area contributed by atoms with Gasteiger partial charge in [-0.25, -0.2) is 4.39 Å². The van der Waals surface area contributed by atoms with Crippen LogP contribution >= 0.6 is 11.8 Å². The van der Waals surface area contributed by atoms with Gasteiger partial charge < -0.3 is 14.4 Å². The van der Waals surface area contributed by atoms with Crippen molar-refractivity contribution in [1.29, 1.82) is 0 Å². The molecule has 0 spiro atoms. The minimum absolute atomic E-state index is 0.0272. The van der Waals surface area contributed by atoms with Gasteiger partial charge >= 0.3 is 6.18 Å². The normalized spacial score (nSPS) is 12.7. The highest BCUT2D eigenvalue weighted by atomic mass is 32.2. The predicted molar refractivity (Wildman–Crippen MR) is 178 cm³/mol. The highest BCUT2D eigenvalue weighted by Gasteiger charge is 2.30. The maximum absolute atomic E-state index is 14.0. The van der Waals surface area contributed by atoms with E-state index in [1.165, 1.54) is 36.0 Å². The molecular weight excluding hydrogens is 628 g/mol. The molecule has 0 saturated carbocycles. The van der Waals surface area contributed by atoms with Crippen LogP contribution in [0.4, 0.5) is 23.2 Å². The van der Waals surface area contributed by atoms with E-state index in [-0.39, 0.29) is 23.8 Å². The fourth-order valence-corrected chi connectivity index (χ4v) is 6.96. The number of halogens is 4. The van der Waals surface area contributed by atoms with E-state index in [1.54, 1.807) is 17.0 Å². The maximum atomic E-state index is 14.0. The van der Waals surface area contributed by atoms with E-state index in [0.717, 1.165) is 46.6 Å². The second-order valence-corrected chi connectivity index (χ2v) is 12.4. The van der Waals surface area contributed by atoms with E-state index < -0.39 is 11.7 Å². The number of hydrogen-bond acceptors (Lipinski definition) is 5. The number of nitrogens with zero attached hydrogens (tertiary/aromatic N) is 4. The summed E-state index contributed by atoms with van der Waals surface area (Å²) in [4.78, 5) is 35.1. The third-order valence-corrected chi connectivity index (χ3v) is 9.65. The smallest absolute Gasteiger partial charge is 0.372 e. The number of likely N-dealkylation sites (N-methyl/N-ethyl adjacent to an activating group) is 1. The van der Waals surface area contributed by atoms with Crippen LogP contribution in [0.25, 0.3) is 11.1 Å².